The highest BCUT2D eigenvalue weighted by atomic mass is 16.5. The highest BCUT2D eigenvalue weighted by Crippen LogP contribution is 2.43. The standard InChI is InChI=1S/C14H15NO2/c1-2-13(16)15-8-7-14(10-15)12-6-4-3-5-11(12)9-17-14/h2-6H,1,7-10H2. The minimum Gasteiger partial charge on any atom is -0.364 e. The normalized spacial score (nSPS) is 26.2. The van der Waals surface area contributed by atoms with Gasteiger partial charge in [0, 0.05) is 6.54 Å². The van der Waals surface area contributed by atoms with Crippen LogP contribution in [0.15, 0.2) is 36.9 Å². The third-order valence-corrected chi connectivity index (χ3v) is 3.73. The summed E-state index contributed by atoms with van der Waals surface area (Å²) in [5.41, 5.74) is 2.23. The van der Waals surface area contributed by atoms with Crippen LogP contribution < -0.4 is 0 Å². The van der Waals surface area contributed by atoms with E-state index in [1.165, 1.54) is 17.2 Å². The molecule has 0 saturated carbocycles. The van der Waals surface area contributed by atoms with Crippen LogP contribution in [0.1, 0.15) is 17.5 Å². The van der Waals surface area contributed by atoms with Gasteiger partial charge < -0.3 is 9.64 Å². The molecule has 0 bridgehead atoms. The number of nitrogens with zero attached hydrogens (tertiary/aromatic N) is 1. The second kappa shape index (κ2) is 3.70. The molecule has 0 N–H and O–H groups in total. The lowest BCUT2D eigenvalue weighted by atomic mass is 9.92. The van der Waals surface area contributed by atoms with E-state index in [9.17, 15) is 4.79 Å². The molecular weight excluding hydrogens is 214 g/mol. The van der Waals surface area contributed by atoms with Gasteiger partial charge >= 0.3 is 0 Å². The number of fused-ring (bicyclic) bond motifs is 2. The van der Waals surface area contributed by atoms with Crippen LogP contribution in [0.25, 0.3) is 0 Å². The van der Waals surface area contributed by atoms with Crippen LogP contribution in [-0.2, 0) is 21.7 Å². The number of ether oxygens (including phenoxy) is 1. The van der Waals surface area contributed by atoms with Gasteiger partial charge in [-0.3, -0.25) is 4.79 Å². The molecule has 3 nitrogen and oxygen atoms in total. The molecule has 1 aromatic rings. The first kappa shape index (κ1) is 10.5. The van der Waals surface area contributed by atoms with Crippen molar-refractivity contribution in [3.8, 4) is 0 Å². The van der Waals surface area contributed by atoms with Gasteiger partial charge in [-0.25, -0.2) is 0 Å². The van der Waals surface area contributed by atoms with Crippen LogP contribution in [-0.4, -0.2) is 23.9 Å². The van der Waals surface area contributed by atoms with Gasteiger partial charge in [0.25, 0.3) is 0 Å². The number of amides is 1. The van der Waals surface area contributed by atoms with Gasteiger partial charge in [0.15, 0.2) is 0 Å². The summed E-state index contributed by atoms with van der Waals surface area (Å²) in [7, 11) is 0. The Hall–Kier alpha value is -1.61. The average Bonchev–Trinajstić information content (AvgIpc) is 2.96. The molecule has 1 aromatic carbocycles. The van der Waals surface area contributed by atoms with Crippen molar-refractivity contribution in [3.63, 3.8) is 0 Å². The molecule has 1 fully saturated rings. The third-order valence-electron chi connectivity index (χ3n) is 3.73. The molecule has 1 spiro atoms. The Balaban J connectivity index is 1.91. The second-order valence-electron chi connectivity index (χ2n) is 4.65. The fourth-order valence-corrected chi connectivity index (χ4v) is 2.82. The van der Waals surface area contributed by atoms with Crippen LogP contribution in [0, 0.1) is 0 Å². The zero-order valence-corrected chi connectivity index (χ0v) is 9.69. The minimum atomic E-state index is -0.269. The molecular formula is C14H15NO2. The highest BCUT2D eigenvalue weighted by Gasteiger charge is 2.46. The maximum atomic E-state index is 11.6. The number of rotatable bonds is 1. The van der Waals surface area contributed by atoms with Crippen molar-refractivity contribution in [1.29, 1.82) is 0 Å². The molecule has 88 valence electrons. The fourth-order valence-electron chi connectivity index (χ4n) is 2.82. The van der Waals surface area contributed by atoms with Crippen molar-refractivity contribution in [2.75, 3.05) is 13.1 Å². The van der Waals surface area contributed by atoms with Gasteiger partial charge in [0.05, 0.1) is 13.2 Å². The first-order valence-electron chi connectivity index (χ1n) is 5.89. The van der Waals surface area contributed by atoms with Crippen molar-refractivity contribution < 1.29 is 9.53 Å². The van der Waals surface area contributed by atoms with Crippen molar-refractivity contribution >= 4 is 5.91 Å². The van der Waals surface area contributed by atoms with Crippen LogP contribution in [0.5, 0.6) is 0 Å². The molecule has 17 heavy (non-hydrogen) atoms. The summed E-state index contributed by atoms with van der Waals surface area (Å²) in [6, 6.07) is 8.28. The van der Waals surface area contributed by atoms with Crippen molar-refractivity contribution in [2.24, 2.45) is 0 Å². The van der Waals surface area contributed by atoms with E-state index in [0.717, 1.165) is 13.0 Å². The van der Waals surface area contributed by atoms with Gasteiger partial charge in [-0.1, -0.05) is 30.8 Å². The van der Waals surface area contributed by atoms with E-state index in [0.29, 0.717) is 13.2 Å². The Bertz CT molecular complexity index is 483. The maximum absolute atomic E-state index is 11.6. The summed E-state index contributed by atoms with van der Waals surface area (Å²) in [4.78, 5) is 13.4. The number of benzene rings is 1. The molecule has 0 aromatic heterocycles. The van der Waals surface area contributed by atoms with Gasteiger partial charge in [0.1, 0.15) is 5.60 Å². The first-order valence-corrected chi connectivity index (χ1v) is 5.89. The first-order chi connectivity index (χ1) is 8.25. The summed E-state index contributed by atoms with van der Waals surface area (Å²) in [5.74, 6) is -0.00476. The Kier molecular flexibility index (Phi) is 2.30. The zero-order valence-electron chi connectivity index (χ0n) is 9.69. The monoisotopic (exact) mass is 229 g/mol. The van der Waals surface area contributed by atoms with E-state index in [-0.39, 0.29) is 11.5 Å². The smallest absolute Gasteiger partial charge is 0.246 e. The van der Waals surface area contributed by atoms with E-state index < -0.39 is 0 Å². The number of hydrogen-bond acceptors (Lipinski definition) is 2. The molecule has 3 heteroatoms. The SMILES string of the molecule is C=CC(=O)N1CCC2(C1)OCc1ccccc12. The molecule has 0 radical (unpaired) electrons. The maximum Gasteiger partial charge on any atom is 0.246 e. The van der Waals surface area contributed by atoms with Crippen molar-refractivity contribution in [2.45, 2.75) is 18.6 Å². The van der Waals surface area contributed by atoms with E-state index >= 15 is 0 Å². The lowest BCUT2D eigenvalue weighted by Gasteiger charge is -2.24. The summed E-state index contributed by atoms with van der Waals surface area (Å²) in [6.07, 6.45) is 2.25. The van der Waals surface area contributed by atoms with Crippen LogP contribution >= 0.6 is 0 Å². The Morgan fingerprint density at radius 3 is 3.12 bits per heavy atom. The Morgan fingerprint density at radius 2 is 2.29 bits per heavy atom. The molecule has 1 unspecified atom stereocenters. The quantitative estimate of drug-likeness (QED) is 0.688. The summed E-state index contributed by atoms with van der Waals surface area (Å²) in [6.45, 7) is 5.59. The van der Waals surface area contributed by atoms with Gasteiger partial charge in [-0.2, -0.15) is 0 Å². The van der Waals surface area contributed by atoms with Crippen LogP contribution in [0.3, 0.4) is 0 Å². The predicted octanol–water partition coefficient (Wildman–Crippen LogP) is 1.83. The predicted molar refractivity (Wildman–Crippen MR) is 64.3 cm³/mol. The topological polar surface area (TPSA) is 29.5 Å². The van der Waals surface area contributed by atoms with Crippen molar-refractivity contribution in [3.05, 3.63) is 48.0 Å². The Morgan fingerprint density at radius 1 is 1.47 bits per heavy atom. The molecule has 3 rings (SSSR count). The Labute approximate surface area is 101 Å². The number of carbonyl (C=O) groups excluding carboxylic acids is 1. The fraction of sp³-hybridized carbons (Fsp3) is 0.357. The highest BCUT2D eigenvalue weighted by molar-refractivity contribution is 5.87. The second-order valence-corrected chi connectivity index (χ2v) is 4.65. The van der Waals surface area contributed by atoms with E-state index in [2.05, 4.69) is 18.7 Å². The number of likely N-dealkylation sites (tertiary alicyclic amines) is 1. The van der Waals surface area contributed by atoms with E-state index in [1.807, 2.05) is 17.0 Å². The largest absolute Gasteiger partial charge is 0.364 e. The van der Waals surface area contributed by atoms with E-state index in [4.69, 9.17) is 4.74 Å². The molecule has 2 aliphatic heterocycles. The molecule has 0 aliphatic carbocycles. The lowest BCUT2D eigenvalue weighted by Crippen LogP contribution is -2.33. The summed E-state index contributed by atoms with van der Waals surface area (Å²) >= 11 is 0. The molecule has 2 heterocycles. The van der Waals surface area contributed by atoms with Crippen LogP contribution in [0.4, 0.5) is 0 Å². The zero-order chi connectivity index (χ0) is 11.9. The van der Waals surface area contributed by atoms with Gasteiger partial charge in [-0.15, -0.1) is 0 Å². The summed E-state index contributed by atoms with van der Waals surface area (Å²) < 4.78 is 5.97. The molecule has 2 aliphatic rings. The lowest BCUT2D eigenvalue weighted by molar-refractivity contribution is -0.126. The number of carbonyl (C=O) groups is 1. The minimum absolute atomic E-state index is 0.00476. The molecule has 1 atom stereocenters. The number of hydrogen-bond donors (Lipinski definition) is 0. The van der Waals surface area contributed by atoms with Gasteiger partial charge in [-0.05, 0) is 23.6 Å². The molecule has 1 saturated heterocycles. The third kappa shape index (κ3) is 1.50. The van der Waals surface area contributed by atoms with E-state index in [1.54, 1.807) is 0 Å². The van der Waals surface area contributed by atoms with Gasteiger partial charge in [0.2, 0.25) is 5.91 Å². The average molecular weight is 229 g/mol. The molecule has 1 amide bonds. The summed E-state index contributed by atoms with van der Waals surface area (Å²) in [5, 5.41) is 0. The van der Waals surface area contributed by atoms with Crippen molar-refractivity contribution in [1.82, 2.24) is 4.90 Å². The van der Waals surface area contributed by atoms with Crippen LogP contribution in [0.2, 0.25) is 0 Å².